The minimum Gasteiger partial charge on any atom is -0.0985 e. The van der Waals surface area contributed by atoms with E-state index >= 15 is 0 Å². The summed E-state index contributed by atoms with van der Waals surface area (Å²) in [5, 5.41) is 0. The molecule has 0 saturated heterocycles. The minimum absolute atomic E-state index is 1.05. The number of unbranched alkanes of at least 4 members (excludes halogenated alkanes) is 4. The van der Waals surface area contributed by atoms with Crippen molar-refractivity contribution in [2.45, 2.75) is 65.7 Å². The van der Waals surface area contributed by atoms with Crippen molar-refractivity contribution in [2.75, 3.05) is 0 Å². The first-order valence-corrected chi connectivity index (χ1v) is 5.95. The molecule has 0 atom stereocenters. The number of rotatable bonds is 6. The number of hydrogen-bond acceptors (Lipinski definition) is 0. The highest BCUT2D eigenvalue weighted by atomic mass is 13.9. The van der Waals surface area contributed by atoms with Crippen molar-refractivity contribution in [1.82, 2.24) is 0 Å². The summed E-state index contributed by atoms with van der Waals surface area (Å²) in [6, 6.07) is 0. The molecule has 0 aliphatic heterocycles. The van der Waals surface area contributed by atoms with Gasteiger partial charge in [0, 0.05) is 6.42 Å². The van der Waals surface area contributed by atoms with E-state index in [9.17, 15) is 0 Å². The van der Waals surface area contributed by atoms with E-state index in [1.165, 1.54) is 44.1 Å². The number of allylic oxidation sites excluding steroid dienone is 2. The normalized spacial score (nSPS) is 10.9. The van der Waals surface area contributed by atoms with Crippen LogP contribution in [0.15, 0.2) is 11.6 Å². The summed E-state index contributed by atoms with van der Waals surface area (Å²) in [7, 11) is 0. The fourth-order valence-corrected chi connectivity index (χ4v) is 1.24. The molecule has 14 heavy (non-hydrogen) atoms. The van der Waals surface area contributed by atoms with Gasteiger partial charge in [-0.1, -0.05) is 50.5 Å². The van der Waals surface area contributed by atoms with Gasteiger partial charge >= 0.3 is 0 Å². The highest BCUT2D eigenvalue weighted by Gasteiger charge is 1.88. The van der Waals surface area contributed by atoms with Crippen molar-refractivity contribution in [3.8, 4) is 11.8 Å². The van der Waals surface area contributed by atoms with E-state index in [-0.39, 0.29) is 0 Å². The second-order valence-corrected chi connectivity index (χ2v) is 3.87. The molecule has 0 N–H and O–H groups in total. The highest BCUT2D eigenvalue weighted by Crippen LogP contribution is 2.07. The summed E-state index contributed by atoms with van der Waals surface area (Å²) in [5.74, 6) is 6.32. The summed E-state index contributed by atoms with van der Waals surface area (Å²) in [4.78, 5) is 0. The van der Waals surface area contributed by atoms with Gasteiger partial charge in [0.05, 0.1) is 0 Å². The van der Waals surface area contributed by atoms with E-state index in [4.69, 9.17) is 0 Å². The maximum atomic E-state index is 3.18. The standard InChI is InChI=1S/C14H24/c1-4-6-8-9-11-13-14(3)12-10-7-5-2/h13H,4-8,10,12H2,1-3H3/b14-13+. The summed E-state index contributed by atoms with van der Waals surface area (Å²) in [6.07, 6.45) is 10.8. The zero-order chi connectivity index (χ0) is 10.6. The Morgan fingerprint density at radius 2 is 1.79 bits per heavy atom. The molecule has 0 spiro atoms. The van der Waals surface area contributed by atoms with Crippen molar-refractivity contribution in [3.05, 3.63) is 11.6 Å². The first-order valence-electron chi connectivity index (χ1n) is 5.95. The molecule has 0 heterocycles. The van der Waals surface area contributed by atoms with Crippen LogP contribution in [0.4, 0.5) is 0 Å². The predicted octanol–water partition coefficient (Wildman–Crippen LogP) is 4.71. The topological polar surface area (TPSA) is 0 Å². The molecule has 0 rings (SSSR count). The van der Waals surface area contributed by atoms with E-state index < -0.39 is 0 Å². The largest absolute Gasteiger partial charge is 0.0985 e. The minimum atomic E-state index is 1.05. The first-order chi connectivity index (χ1) is 6.81. The van der Waals surface area contributed by atoms with Crippen LogP contribution in [0.25, 0.3) is 0 Å². The maximum absolute atomic E-state index is 3.18. The Balaban J connectivity index is 3.57. The predicted molar refractivity (Wildman–Crippen MR) is 65.2 cm³/mol. The molecule has 0 saturated carbocycles. The van der Waals surface area contributed by atoms with Crippen LogP contribution in [-0.2, 0) is 0 Å². The van der Waals surface area contributed by atoms with Crippen molar-refractivity contribution in [2.24, 2.45) is 0 Å². The molecule has 0 heteroatoms. The SMILES string of the molecule is CCCCC#C/C=C(\C)CCCCC. The Labute approximate surface area is 89.8 Å². The van der Waals surface area contributed by atoms with Gasteiger partial charge in [-0.25, -0.2) is 0 Å². The molecular weight excluding hydrogens is 168 g/mol. The summed E-state index contributed by atoms with van der Waals surface area (Å²) in [5.41, 5.74) is 1.43. The Morgan fingerprint density at radius 3 is 2.43 bits per heavy atom. The molecule has 0 amide bonds. The molecule has 0 nitrogen and oxygen atoms in total. The lowest BCUT2D eigenvalue weighted by Crippen LogP contribution is -1.77. The van der Waals surface area contributed by atoms with Crippen LogP contribution in [0.5, 0.6) is 0 Å². The van der Waals surface area contributed by atoms with E-state index in [2.05, 4.69) is 38.7 Å². The molecule has 0 aromatic carbocycles. The van der Waals surface area contributed by atoms with E-state index in [1.54, 1.807) is 0 Å². The van der Waals surface area contributed by atoms with Gasteiger partial charge in [-0.15, -0.1) is 0 Å². The molecule has 0 aliphatic carbocycles. The monoisotopic (exact) mass is 192 g/mol. The average Bonchev–Trinajstić information content (AvgIpc) is 2.18. The van der Waals surface area contributed by atoms with Crippen LogP contribution >= 0.6 is 0 Å². The van der Waals surface area contributed by atoms with Gasteiger partial charge in [0.15, 0.2) is 0 Å². The fourth-order valence-electron chi connectivity index (χ4n) is 1.24. The average molecular weight is 192 g/mol. The van der Waals surface area contributed by atoms with E-state index in [0.717, 1.165) is 6.42 Å². The Morgan fingerprint density at radius 1 is 1.07 bits per heavy atom. The van der Waals surface area contributed by atoms with Crippen molar-refractivity contribution in [3.63, 3.8) is 0 Å². The van der Waals surface area contributed by atoms with Crippen LogP contribution in [0.1, 0.15) is 65.7 Å². The molecule has 80 valence electrons. The number of hydrogen-bond donors (Lipinski definition) is 0. The van der Waals surface area contributed by atoms with Crippen LogP contribution in [0, 0.1) is 11.8 Å². The molecule has 0 aromatic heterocycles. The molecule has 0 fully saturated rings. The third-order valence-corrected chi connectivity index (χ3v) is 2.25. The van der Waals surface area contributed by atoms with Gasteiger partial charge in [-0.3, -0.25) is 0 Å². The summed E-state index contributed by atoms with van der Waals surface area (Å²) in [6.45, 7) is 6.63. The van der Waals surface area contributed by atoms with Gasteiger partial charge in [0.1, 0.15) is 0 Å². The van der Waals surface area contributed by atoms with Crippen LogP contribution in [0.2, 0.25) is 0 Å². The van der Waals surface area contributed by atoms with Crippen molar-refractivity contribution in [1.29, 1.82) is 0 Å². The van der Waals surface area contributed by atoms with Crippen LogP contribution in [0.3, 0.4) is 0 Å². The highest BCUT2D eigenvalue weighted by molar-refractivity contribution is 5.19. The molecule has 0 aliphatic rings. The van der Waals surface area contributed by atoms with Gasteiger partial charge in [0.25, 0.3) is 0 Å². The van der Waals surface area contributed by atoms with Crippen molar-refractivity contribution >= 4 is 0 Å². The third kappa shape index (κ3) is 9.39. The van der Waals surface area contributed by atoms with Crippen LogP contribution in [-0.4, -0.2) is 0 Å². The summed E-state index contributed by atoms with van der Waals surface area (Å²) >= 11 is 0. The Kier molecular flexibility index (Phi) is 9.86. The Bertz CT molecular complexity index is 200. The lowest BCUT2D eigenvalue weighted by molar-refractivity contribution is 0.713. The lowest BCUT2D eigenvalue weighted by Gasteiger charge is -1.96. The molecule has 0 bridgehead atoms. The summed E-state index contributed by atoms with van der Waals surface area (Å²) < 4.78 is 0. The second kappa shape index (κ2) is 10.4. The smallest absolute Gasteiger partial charge is 0.00921 e. The molecule has 0 radical (unpaired) electrons. The Hall–Kier alpha value is -0.700. The van der Waals surface area contributed by atoms with E-state index in [1.807, 2.05) is 0 Å². The fraction of sp³-hybridized carbons (Fsp3) is 0.714. The molecule has 0 unspecified atom stereocenters. The van der Waals surface area contributed by atoms with Gasteiger partial charge in [-0.2, -0.15) is 0 Å². The van der Waals surface area contributed by atoms with Crippen molar-refractivity contribution < 1.29 is 0 Å². The quantitative estimate of drug-likeness (QED) is 0.422. The molecule has 0 aromatic rings. The zero-order valence-corrected chi connectivity index (χ0v) is 10.0. The van der Waals surface area contributed by atoms with Crippen LogP contribution < -0.4 is 0 Å². The lowest BCUT2D eigenvalue weighted by atomic mass is 10.1. The second-order valence-electron chi connectivity index (χ2n) is 3.87. The third-order valence-electron chi connectivity index (χ3n) is 2.25. The maximum Gasteiger partial charge on any atom is 0.00921 e. The van der Waals surface area contributed by atoms with Gasteiger partial charge in [-0.05, 0) is 32.3 Å². The van der Waals surface area contributed by atoms with Gasteiger partial charge in [0.2, 0.25) is 0 Å². The molecular formula is C14H24. The first kappa shape index (κ1) is 13.3. The van der Waals surface area contributed by atoms with E-state index in [0.29, 0.717) is 0 Å². The zero-order valence-electron chi connectivity index (χ0n) is 10.0. The van der Waals surface area contributed by atoms with Gasteiger partial charge < -0.3 is 0 Å².